The van der Waals surface area contributed by atoms with Gasteiger partial charge in [0, 0.05) is 13.1 Å². The standard InChI is InChI=1S/C10H14BrNO2S/c1-2-12(4-3-10(13)14)6-8-5-9(11)15-7-8/h5,7H,2-4,6H2,1H3,(H,13,14). The number of carbonyl (C=O) groups is 1. The minimum absolute atomic E-state index is 0.207. The molecule has 0 fully saturated rings. The van der Waals surface area contributed by atoms with Crippen LogP contribution in [0.1, 0.15) is 18.9 Å². The third kappa shape index (κ3) is 4.77. The molecule has 0 aliphatic rings. The number of rotatable bonds is 6. The van der Waals surface area contributed by atoms with E-state index in [4.69, 9.17) is 5.11 Å². The second-order valence-electron chi connectivity index (χ2n) is 3.27. The Kier molecular flexibility index (Phi) is 5.28. The first-order valence-electron chi connectivity index (χ1n) is 4.79. The molecular weight excluding hydrogens is 278 g/mol. The van der Waals surface area contributed by atoms with Crippen molar-refractivity contribution < 1.29 is 9.90 Å². The lowest BCUT2D eigenvalue weighted by atomic mass is 10.3. The van der Waals surface area contributed by atoms with E-state index in [2.05, 4.69) is 32.3 Å². The number of carboxylic acids is 1. The maximum atomic E-state index is 10.4. The number of halogens is 1. The summed E-state index contributed by atoms with van der Waals surface area (Å²) in [5.74, 6) is -0.736. The van der Waals surface area contributed by atoms with Gasteiger partial charge < -0.3 is 5.11 Å². The molecule has 0 aromatic carbocycles. The Morgan fingerprint density at radius 1 is 1.67 bits per heavy atom. The second kappa shape index (κ2) is 6.25. The minimum atomic E-state index is -0.736. The molecule has 0 radical (unpaired) electrons. The first-order chi connectivity index (χ1) is 7.11. The molecular formula is C10H14BrNO2S. The van der Waals surface area contributed by atoms with Crippen molar-refractivity contribution in [2.24, 2.45) is 0 Å². The van der Waals surface area contributed by atoms with Crippen LogP contribution in [0.5, 0.6) is 0 Å². The molecule has 1 N–H and O–H groups in total. The van der Waals surface area contributed by atoms with Gasteiger partial charge in [0.25, 0.3) is 0 Å². The molecule has 0 bridgehead atoms. The van der Waals surface area contributed by atoms with Gasteiger partial charge in [0.2, 0.25) is 0 Å². The van der Waals surface area contributed by atoms with Crippen molar-refractivity contribution in [3.8, 4) is 0 Å². The van der Waals surface area contributed by atoms with Crippen LogP contribution in [0.2, 0.25) is 0 Å². The predicted molar refractivity (Wildman–Crippen MR) is 65.2 cm³/mol. The summed E-state index contributed by atoms with van der Waals surface area (Å²) < 4.78 is 1.12. The van der Waals surface area contributed by atoms with Gasteiger partial charge in [0.15, 0.2) is 0 Å². The van der Waals surface area contributed by atoms with Crippen LogP contribution in [0.3, 0.4) is 0 Å². The maximum Gasteiger partial charge on any atom is 0.304 e. The van der Waals surface area contributed by atoms with Crippen molar-refractivity contribution in [3.05, 3.63) is 20.8 Å². The van der Waals surface area contributed by atoms with Crippen molar-refractivity contribution in [1.29, 1.82) is 0 Å². The van der Waals surface area contributed by atoms with Crippen molar-refractivity contribution in [3.63, 3.8) is 0 Å². The Bertz CT molecular complexity index is 327. The normalized spacial score (nSPS) is 10.9. The topological polar surface area (TPSA) is 40.5 Å². The predicted octanol–water partition coefficient (Wildman–Crippen LogP) is 2.81. The number of nitrogens with zero attached hydrogens (tertiary/aromatic N) is 1. The number of carboxylic acid groups (broad SMARTS) is 1. The van der Waals surface area contributed by atoms with Gasteiger partial charge in [-0.2, -0.15) is 0 Å². The zero-order chi connectivity index (χ0) is 11.3. The second-order valence-corrected chi connectivity index (χ2v) is 5.56. The molecule has 0 saturated carbocycles. The van der Waals surface area contributed by atoms with Crippen LogP contribution in [-0.4, -0.2) is 29.1 Å². The third-order valence-corrected chi connectivity index (χ3v) is 3.67. The van der Waals surface area contributed by atoms with E-state index in [1.807, 2.05) is 6.92 Å². The largest absolute Gasteiger partial charge is 0.481 e. The highest BCUT2D eigenvalue weighted by atomic mass is 79.9. The van der Waals surface area contributed by atoms with E-state index in [9.17, 15) is 4.79 Å². The zero-order valence-electron chi connectivity index (χ0n) is 8.57. The lowest BCUT2D eigenvalue weighted by molar-refractivity contribution is -0.137. The van der Waals surface area contributed by atoms with Gasteiger partial charge in [0.05, 0.1) is 10.2 Å². The van der Waals surface area contributed by atoms with Crippen LogP contribution in [-0.2, 0) is 11.3 Å². The molecule has 1 heterocycles. The molecule has 1 rings (SSSR count). The van der Waals surface area contributed by atoms with Gasteiger partial charge in [-0.25, -0.2) is 0 Å². The van der Waals surface area contributed by atoms with Gasteiger partial charge in [-0.05, 0) is 39.5 Å². The summed E-state index contributed by atoms with van der Waals surface area (Å²) in [4.78, 5) is 12.6. The van der Waals surface area contributed by atoms with Crippen LogP contribution in [0, 0.1) is 0 Å². The fourth-order valence-electron chi connectivity index (χ4n) is 1.29. The van der Waals surface area contributed by atoms with Crippen LogP contribution < -0.4 is 0 Å². The van der Waals surface area contributed by atoms with Crippen LogP contribution in [0.25, 0.3) is 0 Å². The summed E-state index contributed by atoms with van der Waals surface area (Å²) >= 11 is 5.07. The molecule has 0 unspecified atom stereocenters. The summed E-state index contributed by atoms with van der Waals surface area (Å²) in [6.07, 6.45) is 0.207. The molecule has 0 aliphatic carbocycles. The Morgan fingerprint density at radius 2 is 2.40 bits per heavy atom. The lowest BCUT2D eigenvalue weighted by Gasteiger charge is -2.18. The van der Waals surface area contributed by atoms with E-state index in [0.29, 0.717) is 6.54 Å². The highest BCUT2D eigenvalue weighted by Gasteiger charge is 2.07. The molecule has 1 aromatic heterocycles. The average Bonchev–Trinajstić information content (AvgIpc) is 2.58. The average molecular weight is 292 g/mol. The zero-order valence-corrected chi connectivity index (χ0v) is 11.0. The van der Waals surface area contributed by atoms with E-state index in [-0.39, 0.29) is 6.42 Å². The Balaban J connectivity index is 2.42. The summed E-state index contributed by atoms with van der Waals surface area (Å²) in [6, 6.07) is 2.08. The molecule has 15 heavy (non-hydrogen) atoms. The van der Waals surface area contributed by atoms with E-state index in [1.165, 1.54) is 5.56 Å². The van der Waals surface area contributed by atoms with E-state index >= 15 is 0 Å². The van der Waals surface area contributed by atoms with E-state index in [0.717, 1.165) is 16.9 Å². The monoisotopic (exact) mass is 291 g/mol. The molecule has 0 saturated heterocycles. The van der Waals surface area contributed by atoms with E-state index in [1.54, 1.807) is 11.3 Å². The summed E-state index contributed by atoms with van der Waals surface area (Å²) in [7, 11) is 0. The lowest BCUT2D eigenvalue weighted by Crippen LogP contribution is -2.25. The quantitative estimate of drug-likeness (QED) is 0.876. The van der Waals surface area contributed by atoms with E-state index < -0.39 is 5.97 Å². The summed E-state index contributed by atoms with van der Waals surface area (Å²) in [6.45, 7) is 4.36. The number of thiophene rings is 1. The van der Waals surface area contributed by atoms with Gasteiger partial charge in [-0.1, -0.05) is 6.92 Å². The molecule has 5 heteroatoms. The third-order valence-electron chi connectivity index (χ3n) is 2.12. The van der Waals surface area contributed by atoms with Gasteiger partial charge in [0.1, 0.15) is 0 Å². The first-order valence-corrected chi connectivity index (χ1v) is 6.46. The molecule has 0 atom stereocenters. The van der Waals surface area contributed by atoms with Crippen LogP contribution in [0.15, 0.2) is 15.2 Å². The fraction of sp³-hybridized carbons (Fsp3) is 0.500. The molecule has 3 nitrogen and oxygen atoms in total. The fourth-order valence-corrected chi connectivity index (χ4v) is 2.49. The number of hydrogen-bond donors (Lipinski definition) is 1. The van der Waals surface area contributed by atoms with Gasteiger partial charge in [-0.15, -0.1) is 11.3 Å². The number of hydrogen-bond acceptors (Lipinski definition) is 3. The van der Waals surface area contributed by atoms with Gasteiger partial charge in [-0.3, -0.25) is 9.69 Å². The molecule has 0 aliphatic heterocycles. The molecule has 1 aromatic rings. The summed E-state index contributed by atoms with van der Waals surface area (Å²) in [5.41, 5.74) is 1.24. The smallest absolute Gasteiger partial charge is 0.304 e. The van der Waals surface area contributed by atoms with Crippen molar-refractivity contribution >= 4 is 33.2 Å². The first kappa shape index (κ1) is 12.7. The minimum Gasteiger partial charge on any atom is -0.481 e. The Labute approximate surface area is 102 Å². The molecule has 0 spiro atoms. The van der Waals surface area contributed by atoms with Crippen molar-refractivity contribution in [2.75, 3.05) is 13.1 Å². The summed E-state index contributed by atoms with van der Waals surface area (Å²) in [5, 5.41) is 10.7. The highest BCUT2D eigenvalue weighted by molar-refractivity contribution is 9.11. The van der Waals surface area contributed by atoms with Crippen LogP contribution in [0.4, 0.5) is 0 Å². The van der Waals surface area contributed by atoms with Crippen LogP contribution >= 0.6 is 27.3 Å². The Hall–Kier alpha value is -0.390. The number of aliphatic carboxylic acids is 1. The SMILES string of the molecule is CCN(CCC(=O)O)Cc1csc(Br)c1. The van der Waals surface area contributed by atoms with Gasteiger partial charge >= 0.3 is 5.97 Å². The maximum absolute atomic E-state index is 10.4. The Morgan fingerprint density at radius 3 is 2.87 bits per heavy atom. The molecule has 84 valence electrons. The van der Waals surface area contributed by atoms with Crippen molar-refractivity contribution in [2.45, 2.75) is 19.9 Å². The highest BCUT2D eigenvalue weighted by Crippen LogP contribution is 2.21. The molecule has 0 amide bonds. The van der Waals surface area contributed by atoms with Crippen molar-refractivity contribution in [1.82, 2.24) is 4.90 Å².